The molecular weight excluding hydrogens is 500 g/mol. The molecule has 0 radical (unpaired) electrons. The van der Waals surface area contributed by atoms with E-state index < -0.39 is 0 Å². The van der Waals surface area contributed by atoms with E-state index in [0.717, 1.165) is 30.0 Å². The van der Waals surface area contributed by atoms with E-state index in [-0.39, 0.29) is 24.0 Å². The third-order valence-electron chi connectivity index (χ3n) is 6.51. The zero-order valence-electron chi connectivity index (χ0n) is 22.7. The summed E-state index contributed by atoms with van der Waals surface area (Å²) >= 11 is 0. The van der Waals surface area contributed by atoms with Crippen molar-refractivity contribution in [2.24, 2.45) is 4.99 Å². The Balaban J connectivity index is 1.35. The Morgan fingerprint density at radius 2 is 1.87 bits per heavy atom. The van der Waals surface area contributed by atoms with Crippen LogP contribution in [0.1, 0.15) is 30.0 Å². The number of carbonyl (C=O) groups is 1. The third kappa shape index (κ3) is 6.55. The van der Waals surface area contributed by atoms with Gasteiger partial charge < -0.3 is 33.7 Å². The first-order valence-electron chi connectivity index (χ1n) is 13.1. The van der Waals surface area contributed by atoms with Gasteiger partial charge in [-0.05, 0) is 45.2 Å². The first kappa shape index (κ1) is 26.6. The first-order chi connectivity index (χ1) is 18.9. The van der Waals surface area contributed by atoms with Crippen molar-refractivity contribution in [3.8, 4) is 28.6 Å². The van der Waals surface area contributed by atoms with Crippen LogP contribution in [0.15, 0.2) is 47.7 Å². The van der Waals surface area contributed by atoms with Crippen molar-refractivity contribution < 1.29 is 23.7 Å². The fraction of sp³-hybridized carbons (Fsp3) is 0.429. The number of piperazine rings is 1. The number of rotatable bonds is 9. The maximum Gasteiger partial charge on any atom is 0.274 e. The maximum absolute atomic E-state index is 12.8. The normalized spacial score (nSPS) is 18.4. The highest BCUT2D eigenvalue weighted by Crippen LogP contribution is 2.32. The molecule has 2 aliphatic rings. The molecule has 206 valence electrons. The van der Waals surface area contributed by atoms with Gasteiger partial charge in [0, 0.05) is 50.6 Å². The second kappa shape index (κ2) is 11.8. The minimum Gasteiger partial charge on any atom is -0.488 e. The van der Waals surface area contributed by atoms with Gasteiger partial charge in [-0.1, -0.05) is 0 Å². The molecule has 1 amide bonds. The molecule has 0 unspecified atom stereocenters. The predicted molar refractivity (Wildman–Crippen MR) is 146 cm³/mol. The van der Waals surface area contributed by atoms with Crippen molar-refractivity contribution in [2.45, 2.75) is 26.1 Å². The van der Waals surface area contributed by atoms with E-state index in [1.54, 1.807) is 18.1 Å². The highest BCUT2D eigenvalue weighted by atomic mass is 16.5. The topological polar surface area (TPSA) is 114 Å². The van der Waals surface area contributed by atoms with Crippen molar-refractivity contribution in [3.05, 3.63) is 54.1 Å². The Kier molecular flexibility index (Phi) is 8.08. The van der Waals surface area contributed by atoms with Crippen LogP contribution < -0.4 is 9.47 Å². The Labute approximate surface area is 227 Å². The summed E-state index contributed by atoms with van der Waals surface area (Å²) in [5, 5.41) is 0. The summed E-state index contributed by atoms with van der Waals surface area (Å²) in [4.78, 5) is 33.3. The summed E-state index contributed by atoms with van der Waals surface area (Å²) in [6, 6.07) is 9.50. The summed E-state index contributed by atoms with van der Waals surface area (Å²) in [5.74, 6) is 1.88. The van der Waals surface area contributed by atoms with Crippen LogP contribution in [0.2, 0.25) is 0 Å². The van der Waals surface area contributed by atoms with Gasteiger partial charge in [0.1, 0.15) is 35.1 Å². The van der Waals surface area contributed by atoms with Gasteiger partial charge in [-0.15, -0.1) is 0 Å². The molecule has 4 heterocycles. The van der Waals surface area contributed by atoms with Crippen molar-refractivity contribution in [1.29, 1.82) is 0 Å². The van der Waals surface area contributed by atoms with Gasteiger partial charge in [0.05, 0.1) is 25.5 Å². The van der Waals surface area contributed by atoms with Gasteiger partial charge >= 0.3 is 0 Å². The number of aromatic amines is 1. The Morgan fingerprint density at radius 3 is 2.56 bits per heavy atom. The fourth-order valence-electron chi connectivity index (χ4n) is 4.44. The second-order valence-electron chi connectivity index (χ2n) is 9.87. The van der Waals surface area contributed by atoms with Gasteiger partial charge in [0.25, 0.3) is 5.91 Å². The second-order valence-corrected chi connectivity index (χ2v) is 9.87. The molecule has 5 rings (SSSR count). The molecule has 0 aliphatic carbocycles. The van der Waals surface area contributed by atoms with Crippen LogP contribution >= 0.6 is 0 Å². The number of likely N-dealkylation sites (N-methyl/N-ethyl adjacent to an activating group) is 1. The van der Waals surface area contributed by atoms with E-state index in [2.05, 4.69) is 24.8 Å². The van der Waals surface area contributed by atoms with Gasteiger partial charge in [-0.25, -0.2) is 15.0 Å². The number of amides is 1. The molecular formula is C28H34N6O5. The number of aliphatic imine (C=N–C) groups is 1. The van der Waals surface area contributed by atoms with Crippen LogP contribution in [0.4, 0.5) is 0 Å². The molecule has 0 saturated carbocycles. The minimum absolute atomic E-state index is 0.0649. The summed E-state index contributed by atoms with van der Waals surface area (Å²) in [5.41, 5.74) is 2.80. The van der Waals surface area contributed by atoms with Gasteiger partial charge in [-0.2, -0.15) is 0 Å². The molecule has 11 nitrogen and oxygen atoms in total. The van der Waals surface area contributed by atoms with Crippen molar-refractivity contribution in [1.82, 2.24) is 24.8 Å². The molecule has 1 fully saturated rings. The standard InChI is InChI=1S/C28H34N6O5/c1-18-14-31-27(38-18)24-6-5-23(32-24)20-11-21(37-19(2)17-36-4)13-22(12-20)39-26-16-29-25(15-30-26)28(35)34-9-7-33(3)8-10-34/h5-6,11-13,15-16,18-19,32H,7-10,14,17H2,1-4H3/t18-,19-/m0/s1. The number of H-pyrrole nitrogens is 1. The molecule has 1 saturated heterocycles. The lowest BCUT2D eigenvalue weighted by Gasteiger charge is -2.32. The van der Waals surface area contributed by atoms with Gasteiger partial charge in [0.15, 0.2) is 0 Å². The first-order valence-corrected chi connectivity index (χ1v) is 13.1. The lowest BCUT2D eigenvalue weighted by Crippen LogP contribution is -2.47. The average Bonchev–Trinajstić information content (AvgIpc) is 3.59. The molecule has 1 N–H and O–H groups in total. The lowest BCUT2D eigenvalue weighted by molar-refractivity contribution is 0.0657. The highest BCUT2D eigenvalue weighted by Gasteiger charge is 2.22. The lowest BCUT2D eigenvalue weighted by atomic mass is 10.1. The molecule has 0 spiro atoms. The Bertz CT molecular complexity index is 1320. The fourth-order valence-corrected chi connectivity index (χ4v) is 4.44. The maximum atomic E-state index is 12.8. The van der Waals surface area contributed by atoms with Crippen LogP contribution in [0.3, 0.4) is 0 Å². The van der Waals surface area contributed by atoms with Gasteiger partial charge in [0.2, 0.25) is 11.8 Å². The quantitative estimate of drug-likeness (QED) is 0.445. The summed E-state index contributed by atoms with van der Waals surface area (Å²) < 4.78 is 23.2. The number of hydrogen-bond donors (Lipinski definition) is 1. The summed E-state index contributed by atoms with van der Waals surface area (Å²) in [6.45, 7) is 8.03. The van der Waals surface area contributed by atoms with Crippen LogP contribution in [0.5, 0.6) is 17.4 Å². The summed E-state index contributed by atoms with van der Waals surface area (Å²) in [7, 11) is 3.68. The van der Waals surface area contributed by atoms with Crippen LogP contribution in [-0.4, -0.2) is 102 Å². The number of carbonyl (C=O) groups excluding carboxylic acids is 1. The van der Waals surface area contributed by atoms with E-state index in [1.807, 2.05) is 45.2 Å². The Morgan fingerprint density at radius 1 is 1.10 bits per heavy atom. The summed E-state index contributed by atoms with van der Waals surface area (Å²) in [6.07, 6.45) is 2.82. The average molecular weight is 535 g/mol. The number of aromatic nitrogens is 3. The van der Waals surface area contributed by atoms with Crippen LogP contribution in [0, 0.1) is 0 Å². The third-order valence-corrected chi connectivity index (χ3v) is 6.51. The van der Waals surface area contributed by atoms with Crippen LogP contribution in [-0.2, 0) is 9.47 Å². The number of methoxy groups -OCH3 is 1. The molecule has 0 bridgehead atoms. The van der Waals surface area contributed by atoms with E-state index in [1.165, 1.54) is 12.4 Å². The van der Waals surface area contributed by atoms with E-state index in [4.69, 9.17) is 18.9 Å². The van der Waals surface area contributed by atoms with Gasteiger partial charge in [-0.3, -0.25) is 4.79 Å². The highest BCUT2D eigenvalue weighted by molar-refractivity contribution is 5.94. The van der Waals surface area contributed by atoms with Crippen molar-refractivity contribution in [2.75, 3.05) is 53.5 Å². The molecule has 1 aromatic carbocycles. The number of nitrogens with one attached hydrogen (secondary N) is 1. The molecule has 39 heavy (non-hydrogen) atoms. The number of nitrogens with zero attached hydrogens (tertiary/aromatic N) is 5. The number of hydrogen-bond acceptors (Lipinski definition) is 9. The van der Waals surface area contributed by atoms with Crippen LogP contribution in [0.25, 0.3) is 11.3 Å². The zero-order chi connectivity index (χ0) is 27.4. The van der Waals surface area contributed by atoms with Crippen molar-refractivity contribution >= 4 is 11.8 Å². The molecule has 2 aromatic heterocycles. The number of benzene rings is 1. The van der Waals surface area contributed by atoms with E-state index >= 15 is 0 Å². The van der Waals surface area contributed by atoms with E-state index in [0.29, 0.717) is 49.3 Å². The molecule has 3 aromatic rings. The minimum atomic E-state index is -0.167. The molecule has 2 aliphatic heterocycles. The SMILES string of the molecule is COC[C@H](C)Oc1cc(Oc2cnc(C(=O)N3CCN(C)CC3)cn2)cc(-c2ccc(C3=NC[C@H](C)O3)[nH]2)c1. The largest absolute Gasteiger partial charge is 0.488 e. The zero-order valence-corrected chi connectivity index (χ0v) is 22.7. The molecule has 11 heteroatoms. The predicted octanol–water partition coefficient (Wildman–Crippen LogP) is 3.23. The smallest absolute Gasteiger partial charge is 0.274 e. The number of ether oxygens (including phenoxy) is 4. The molecule has 2 atom stereocenters. The van der Waals surface area contributed by atoms with E-state index in [9.17, 15) is 4.79 Å². The monoisotopic (exact) mass is 534 g/mol. The van der Waals surface area contributed by atoms with Crippen molar-refractivity contribution in [3.63, 3.8) is 0 Å². The Hall–Kier alpha value is -3.96.